The molecular formula is C19H22N2O4S. The van der Waals surface area contributed by atoms with E-state index in [1.165, 1.54) is 0 Å². The first-order valence-corrected chi connectivity index (χ1v) is 10.0. The van der Waals surface area contributed by atoms with Crippen molar-refractivity contribution in [1.82, 2.24) is 9.21 Å². The third kappa shape index (κ3) is 4.30. The van der Waals surface area contributed by atoms with Gasteiger partial charge in [0.1, 0.15) is 0 Å². The van der Waals surface area contributed by atoms with Crippen LogP contribution in [0.25, 0.3) is 0 Å². The van der Waals surface area contributed by atoms with E-state index in [9.17, 15) is 13.2 Å². The van der Waals surface area contributed by atoms with E-state index >= 15 is 0 Å². The first-order valence-electron chi connectivity index (χ1n) is 8.56. The summed E-state index contributed by atoms with van der Waals surface area (Å²) >= 11 is 0. The molecule has 0 aromatic heterocycles. The average molecular weight is 374 g/mol. The van der Waals surface area contributed by atoms with Gasteiger partial charge in [-0.05, 0) is 36.2 Å². The number of sulfonamides is 1. The lowest BCUT2D eigenvalue weighted by Gasteiger charge is -2.34. The predicted octanol–water partition coefficient (Wildman–Crippen LogP) is 1.93. The molecule has 0 bridgehead atoms. The molecule has 0 spiro atoms. The van der Waals surface area contributed by atoms with Crippen LogP contribution in [0.4, 0.5) is 0 Å². The van der Waals surface area contributed by atoms with E-state index in [2.05, 4.69) is 4.90 Å². The van der Waals surface area contributed by atoms with Crippen molar-refractivity contribution in [2.75, 3.05) is 32.7 Å². The smallest absolute Gasteiger partial charge is 0.335 e. The van der Waals surface area contributed by atoms with Crippen LogP contribution in [0, 0.1) is 0 Å². The summed E-state index contributed by atoms with van der Waals surface area (Å²) in [5.41, 5.74) is 1.36. The molecule has 1 aliphatic rings. The molecule has 2 aromatic carbocycles. The van der Waals surface area contributed by atoms with Gasteiger partial charge in [0.05, 0.1) is 10.5 Å². The van der Waals surface area contributed by atoms with Crippen molar-refractivity contribution in [2.24, 2.45) is 0 Å². The number of benzene rings is 2. The van der Waals surface area contributed by atoms with E-state index in [-0.39, 0.29) is 5.56 Å². The summed E-state index contributed by atoms with van der Waals surface area (Å²) in [5.74, 6) is -0.924. The second-order valence-corrected chi connectivity index (χ2v) is 8.25. The molecule has 3 rings (SSSR count). The van der Waals surface area contributed by atoms with Crippen LogP contribution in [0.3, 0.4) is 0 Å². The van der Waals surface area contributed by atoms with Gasteiger partial charge in [-0.3, -0.25) is 0 Å². The molecule has 6 nitrogen and oxygen atoms in total. The standard InChI is InChI=1S/C19H22N2O4S/c22-19(23)17-8-6-16(7-9-17)10-11-20-12-14-21(15-13-20)26(24,25)18-4-2-1-3-5-18/h1-9H,10-15H2,(H,22,23). The normalized spacial score (nSPS) is 16.5. The van der Waals surface area contributed by atoms with Crippen molar-refractivity contribution < 1.29 is 18.3 Å². The zero-order chi connectivity index (χ0) is 18.6. The van der Waals surface area contributed by atoms with Gasteiger partial charge in [-0.15, -0.1) is 0 Å². The van der Waals surface area contributed by atoms with E-state index in [1.54, 1.807) is 46.8 Å². The van der Waals surface area contributed by atoms with Crippen LogP contribution in [0.15, 0.2) is 59.5 Å². The fraction of sp³-hybridized carbons (Fsp3) is 0.316. The van der Waals surface area contributed by atoms with Crippen LogP contribution in [-0.2, 0) is 16.4 Å². The summed E-state index contributed by atoms with van der Waals surface area (Å²) in [6.07, 6.45) is 0.811. The number of nitrogens with zero attached hydrogens (tertiary/aromatic N) is 2. The first kappa shape index (κ1) is 18.6. The van der Waals surface area contributed by atoms with Crippen molar-refractivity contribution >= 4 is 16.0 Å². The van der Waals surface area contributed by atoms with E-state index in [0.717, 1.165) is 18.5 Å². The number of aromatic carboxylic acids is 1. The number of hydrogen-bond donors (Lipinski definition) is 1. The Balaban J connectivity index is 1.52. The predicted molar refractivity (Wildman–Crippen MR) is 98.7 cm³/mol. The summed E-state index contributed by atoms with van der Waals surface area (Å²) in [5, 5.41) is 8.92. The highest BCUT2D eigenvalue weighted by atomic mass is 32.2. The van der Waals surface area contributed by atoms with Crippen molar-refractivity contribution in [2.45, 2.75) is 11.3 Å². The molecule has 2 aromatic rings. The maximum Gasteiger partial charge on any atom is 0.335 e. The van der Waals surface area contributed by atoms with Gasteiger partial charge in [-0.1, -0.05) is 30.3 Å². The number of hydrogen-bond acceptors (Lipinski definition) is 4. The summed E-state index contributed by atoms with van der Waals surface area (Å²) in [6.45, 7) is 3.18. The zero-order valence-electron chi connectivity index (χ0n) is 14.4. The molecule has 1 aliphatic heterocycles. The fourth-order valence-corrected chi connectivity index (χ4v) is 4.48. The van der Waals surface area contributed by atoms with Crippen LogP contribution in [0.5, 0.6) is 0 Å². The molecule has 7 heteroatoms. The number of carbonyl (C=O) groups is 1. The summed E-state index contributed by atoms with van der Waals surface area (Å²) in [6, 6.07) is 15.4. The molecule has 1 fully saturated rings. The number of carboxylic acid groups (broad SMARTS) is 1. The minimum Gasteiger partial charge on any atom is -0.478 e. The molecule has 1 saturated heterocycles. The summed E-state index contributed by atoms with van der Waals surface area (Å²) in [4.78, 5) is 13.4. The molecule has 0 saturated carbocycles. The minimum atomic E-state index is -3.41. The highest BCUT2D eigenvalue weighted by Gasteiger charge is 2.28. The van der Waals surface area contributed by atoms with E-state index in [4.69, 9.17) is 5.11 Å². The molecule has 1 heterocycles. The van der Waals surface area contributed by atoms with Crippen LogP contribution in [0.2, 0.25) is 0 Å². The number of piperazine rings is 1. The maximum absolute atomic E-state index is 12.6. The fourth-order valence-electron chi connectivity index (χ4n) is 3.04. The Morgan fingerprint density at radius 3 is 2.12 bits per heavy atom. The Hall–Kier alpha value is -2.22. The van der Waals surface area contributed by atoms with Gasteiger partial charge in [-0.25, -0.2) is 13.2 Å². The molecule has 0 atom stereocenters. The summed E-state index contributed by atoms with van der Waals surface area (Å²) < 4.78 is 26.8. The van der Waals surface area contributed by atoms with Gasteiger partial charge in [0.2, 0.25) is 10.0 Å². The second kappa shape index (κ2) is 7.99. The van der Waals surface area contributed by atoms with Gasteiger partial charge in [-0.2, -0.15) is 4.31 Å². The van der Waals surface area contributed by atoms with Gasteiger partial charge in [0, 0.05) is 32.7 Å². The Morgan fingerprint density at radius 1 is 0.923 bits per heavy atom. The van der Waals surface area contributed by atoms with E-state index in [1.807, 2.05) is 12.1 Å². The van der Waals surface area contributed by atoms with Crippen LogP contribution < -0.4 is 0 Å². The van der Waals surface area contributed by atoms with Crippen molar-refractivity contribution in [3.63, 3.8) is 0 Å². The SMILES string of the molecule is O=C(O)c1ccc(CCN2CCN(S(=O)(=O)c3ccccc3)CC2)cc1. The Bertz CT molecular complexity index is 843. The quantitative estimate of drug-likeness (QED) is 0.836. The Kier molecular flexibility index (Phi) is 5.70. The van der Waals surface area contributed by atoms with Gasteiger partial charge < -0.3 is 10.0 Å². The molecule has 26 heavy (non-hydrogen) atoms. The first-order chi connectivity index (χ1) is 12.5. The van der Waals surface area contributed by atoms with E-state index in [0.29, 0.717) is 31.1 Å². The van der Waals surface area contributed by atoms with Gasteiger partial charge in [0.15, 0.2) is 0 Å². The minimum absolute atomic E-state index is 0.286. The molecule has 0 unspecified atom stereocenters. The monoisotopic (exact) mass is 374 g/mol. The lowest BCUT2D eigenvalue weighted by atomic mass is 10.1. The maximum atomic E-state index is 12.6. The number of carboxylic acids is 1. The number of rotatable bonds is 6. The molecule has 0 aliphatic carbocycles. The van der Waals surface area contributed by atoms with Crippen LogP contribution in [-0.4, -0.2) is 61.4 Å². The second-order valence-electron chi connectivity index (χ2n) is 6.31. The zero-order valence-corrected chi connectivity index (χ0v) is 15.2. The molecule has 0 radical (unpaired) electrons. The summed E-state index contributed by atoms with van der Waals surface area (Å²) in [7, 11) is -3.41. The molecule has 0 amide bonds. The van der Waals surface area contributed by atoms with Gasteiger partial charge >= 0.3 is 5.97 Å². The van der Waals surface area contributed by atoms with Crippen molar-refractivity contribution in [3.8, 4) is 0 Å². The third-order valence-electron chi connectivity index (χ3n) is 4.63. The van der Waals surface area contributed by atoms with E-state index < -0.39 is 16.0 Å². The Morgan fingerprint density at radius 2 is 1.54 bits per heavy atom. The topological polar surface area (TPSA) is 77.9 Å². The highest BCUT2D eigenvalue weighted by Crippen LogP contribution is 2.17. The third-order valence-corrected chi connectivity index (χ3v) is 6.54. The van der Waals surface area contributed by atoms with Crippen molar-refractivity contribution in [3.05, 3.63) is 65.7 Å². The Labute approximate surface area is 153 Å². The highest BCUT2D eigenvalue weighted by molar-refractivity contribution is 7.89. The van der Waals surface area contributed by atoms with Gasteiger partial charge in [0.25, 0.3) is 0 Å². The molecular weight excluding hydrogens is 352 g/mol. The van der Waals surface area contributed by atoms with Crippen molar-refractivity contribution in [1.29, 1.82) is 0 Å². The molecule has 1 N–H and O–H groups in total. The lowest BCUT2D eigenvalue weighted by molar-refractivity contribution is 0.0697. The average Bonchev–Trinajstić information content (AvgIpc) is 2.67. The van der Waals surface area contributed by atoms with Crippen LogP contribution >= 0.6 is 0 Å². The molecule has 138 valence electrons. The largest absolute Gasteiger partial charge is 0.478 e. The van der Waals surface area contributed by atoms with Crippen LogP contribution in [0.1, 0.15) is 15.9 Å². The lowest BCUT2D eigenvalue weighted by Crippen LogP contribution is -2.48.